The number of likely N-dealkylation sites (tertiary alicyclic amines) is 1. The van der Waals surface area contributed by atoms with Gasteiger partial charge in [0, 0.05) is 44.2 Å². The lowest BCUT2D eigenvalue weighted by Gasteiger charge is -2.31. The van der Waals surface area contributed by atoms with Crippen LogP contribution in [-0.4, -0.2) is 67.9 Å². The molecule has 186 valence electrons. The minimum atomic E-state index is -4.42. The highest BCUT2D eigenvalue weighted by Gasteiger charge is 2.32. The summed E-state index contributed by atoms with van der Waals surface area (Å²) in [5.41, 5.74) is 0.359. The van der Waals surface area contributed by atoms with E-state index in [1.807, 2.05) is 4.90 Å². The summed E-state index contributed by atoms with van der Waals surface area (Å²) in [6, 6.07) is 9.13. The van der Waals surface area contributed by atoms with Crippen LogP contribution >= 0.6 is 0 Å². The molecule has 2 aliphatic rings. The van der Waals surface area contributed by atoms with Crippen molar-refractivity contribution in [1.29, 1.82) is 0 Å². The maximum atomic E-state index is 13.5. The molecule has 2 saturated heterocycles. The number of morpholine rings is 1. The molecule has 1 atom stereocenters. The van der Waals surface area contributed by atoms with Crippen molar-refractivity contribution in [3.8, 4) is 5.75 Å². The number of hydrogen-bond acceptors (Lipinski definition) is 6. The minimum absolute atomic E-state index is 0.148. The molecule has 4 rings (SSSR count). The van der Waals surface area contributed by atoms with E-state index in [4.69, 9.17) is 9.47 Å². The normalized spacial score (nSPS) is 18.5. The van der Waals surface area contributed by atoms with Crippen LogP contribution in [0, 0.1) is 0 Å². The Morgan fingerprint density at radius 3 is 2.31 bits per heavy atom. The number of ether oxygens (including phenoxy) is 2. The third kappa shape index (κ3) is 5.64. The van der Waals surface area contributed by atoms with E-state index in [1.165, 1.54) is 25.1 Å². The van der Waals surface area contributed by atoms with E-state index in [0.29, 0.717) is 56.3 Å². The number of hydrogen-bond donors (Lipinski definition) is 0. The molecule has 2 fully saturated rings. The molecule has 2 aromatic carbocycles. The fraction of sp³-hybridized carbons (Fsp3) is 0.400. The van der Waals surface area contributed by atoms with E-state index >= 15 is 0 Å². The molecule has 2 heterocycles. The summed E-state index contributed by atoms with van der Waals surface area (Å²) in [5.74, 6) is -1.30. The topological polar surface area (TPSA) is 76.2 Å². The van der Waals surface area contributed by atoms with E-state index in [2.05, 4.69) is 0 Å². The van der Waals surface area contributed by atoms with Gasteiger partial charge in [-0.1, -0.05) is 0 Å². The van der Waals surface area contributed by atoms with Gasteiger partial charge in [0.05, 0.1) is 30.9 Å². The van der Waals surface area contributed by atoms with Gasteiger partial charge in [-0.3, -0.25) is 14.4 Å². The van der Waals surface area contributed by atoms with Crippen molar-refractivity contribution in [3.63, 3.8) is 0 Å². The summed E-state index contributed by atoms with van der Waals surface area (Å²) in [6.07, 6.45) is -4.30. The van der Waals surface area contributed by atoms with Gasteiger partial charge in [0.15, 0.2) is 5.78 Å². The summed E-state index contributed by atoms with van der Waals surface area (Å²) < 4.78 is 49.5. The van der Waals surface area contributed by atoms with E-state index in [0.717, 1.165) is 12.1 Å². The third-order valence-corrected chi connectivity index (χ3v) is 6.08. The Morgan fingerprint density at radius 1 is 1.00 bits per heavy atom. The Balaban J connectivity index is 1.51. The zero-order chi connectivity index (χ0) is 25.2. The van der Waals surface area contributed by atoms with Crippen LogP contribution < -0.4 is 9.64 Å². The van der Waals surface area contributed by atoms with Crippen LogP contribution in [0.5, 0.6) is 5.75 Å². The number of carbonyl (C=O) groups is 3. The number of ketones is 2. The van der Waals surface area contributed by atoms with Gasteiger partial charge >= 0.3 is 6.18 Å². The average Bonchev–Trinajstić information content (AvgIpc) is 3.31. The van der Waals surface area contributed by atoms with Gasteiger partial charge in [-0.25, -0.2) is 0 Å². The van der Waals surface area contributed by atoms with Gasteiger partial charge in [0.25, 0.3) is 5.91 Å². The van der Waals surface area contributed by atoms with Crippen molar-refractivity contribution in [2.75, 3.05) is 44.3 Å². The summed E-state index contributed by atoms with van der Waals surface area (Å²) in [6.45, 7) is 4.00. The molecule has 0 saturated carbocycles. The number of halogens is 3. The molecule has 0 spiro atoms. The van der Waals surface area contributed by atoms with E-state index in [1.54, 1.807) is 17.0 Å². The van der Waals surface area contributed by atoms with Crippen molar-refractivity contribution in [3.05, 3.63) is 59.2 Å². The quantitative estimate of drug-likeness (QED) is 0.455. The molecule has 2 aliphatic heterocycles. The number of alkyl halides is 3. The van der Waals surface area contributed by atoms with Crippen molar-refractivity contribution in [1.82, 2.24) is 4.90 Å². The molecule has 2 aromatic rings. The Morgan fingerprint density at radius 2 is 1.69 bits per heavy atom. The predicted molar refractivity (Wildman–Crippen MR) is 121 cm³/mol. The molecule has 10 heteroatoms. The van der Waals surface area contributed by atoms with Crippen LogP contribution in [0.4, 0.5) is 18.9 Å². The molecule has 0 radical (unpaired) electrons. The second kappa shape index (κ2) is 10.1. The molecular formula is C25H25F3N2O5. The van der Waals surface area contributed by atoms with Crippen molar-refractivity contribution >= 4 is 23.2 Å². The monoisotopic (exact) mass is 490 g/mol. The third-order valence-electron chi connectivity index (χ3n) is 6.08. The van der Waals surface area contributed by atoms with Gasteiger partial charge in [0.1, 0.15) is 11.9 Å². The lowest BCUT2D eigenvalue weighted by molar-refractivity contribution is -0.137. The zero-order valence-corrected chi connectivity index (χ0v) is 19.1. The van der Waals surface area contributed by atoms with Crippen LogP contribution in [0.25, 0.3) is 0 Å². The summed E-state index contributed by atoms with van der Waals surface area (Å²) in [4.78, 5) is 41.0. The van der Waals surface area contributed by atoms with E-state index in [9.17, 15) is 27.6 Å². The zero-order valence-electron chi connectivity index (χ0n) is 19.1. The largest absolute Gasteiger partial charge is 0.489 e. The molecule has 1 amide bonds. The number of rotatable bonds is 6. The highest BCUT2D eigenvalue weighted by atomic mass is 19.4. The highest BCUT2D eigenvalue weighted by molar-refractivity contribution is 6.43. The Labute approximate surface area is 200 Å². The highest BCUT2D eigenvalue weighted by Crippen LogP contribution is 2.31. The molecule has 0 N–H and O–H groups in total. The first kappa shape index (κ1) is 24.7. The molecular weight excluding hydrogens is 465 g/mol. The Bertz CT molecular complexity index is 1110. The van der Waals surface area contributed by atoms with E-state index in [-0.39, 0.29) is 24.1 Å². The van der Waals surface area contributed by atoms with E-state index < -0.39 is 23.3 Å². The fourth-order valence-electron chi connectivity index (χ4n) is 4.23. The number of carbonyl (C=O) groups excluding carboxylic acids is 3. The van der Waals surface area contributed by atoms with Crippen molar-refractivity contribution < 1.29 is 37.0 Å². The maximum absolute atomic E-state index is 13.5. The fourth-order valence-corrected chi connectivity index (χ4v) is 4.23. The van der Waals surface area contributed by atoms with Gasteiger partial charge in [-0.05, 0) is 42.5 Å². The maximum Gasteiger partial charge on any atom is 0.416 e. The minimum Gasteiger partial charge on any atom is -0.489 e. The van der Waals surface area contributed by atoms with Crippen LogP contribution in [0.3, 0.4) is 0 Å². The first-order chi connectivity index (χ1) is 16.6. The second-order valence-electron chi connectivity index (χ2n) is 8.52. The predicted octanol–water partition coefficient (Wildman–Crippen LogP) is 3.61. The molecule has 35 heavy (non-hydrogen) atoms. The molecule has 0 bridgehead atoms. The van der Waals surface area contributed by atoms with Crippen LogP contribution in [-0.2, 0) is 15.7 Å². The standard InChI is InChI=1S/C25H25F3N2O5/c1-16(31)23(32)17-2-7-22(29-10-12-34-13-11-29)21(14-17)24(33)30-9-8-20(15-30)35-19-5-3-18(4-6-19)25(26,27)28/h2-7,14,20H,8-13,15H2,1H3. The Kier molecular flexibility index (Phi) is 7.11. The number of Topliss-reactive ketones (excluding diaryl/α,β-unsaturated/α-hetero) is 2. The summed E-state index contributed by atoms with van der Waals surface area (Å²) in [5, 5.41) is 0. The van der Waals surface area contributed by atoms with Crippen molar-refractivity contribution in [2.24, 2.45) is 0 Å². The van der Waals surface area contributed by atoms with Gasteiger partial charge < -0.3 is 19.3 Å². The average molecular weight is 490 g/mol. The van der Waals surface area contributed by atoms with Crippen LogP contribution in [0.15, 0.2) is 42.5 Å². The number of amides is 1. The number of anilines is 1. The van der Waals surface area contributed by atoms with Gasteiger partial charge in [-0.15, -0.1) is 0 Å². The SMILES string of the molecule is CC(=O)C(=O)c1ccc(N2CCOCC2)c(C(=O)N2CCC(Oc3ccc(C(F)(F)F)cc3)C2)c1. The lowest BCUT2D eigenvalue weighted by atomic mass is 10.0. The molecule has 1 unspecified atom stereocenters. The first-order valence-electron chi connectivity index (χ1n) is 11.3. The summed E-state index contributed by atoms with van der Waals surface area (Å²) >= 11 is 0. The second-order valence-corrected chi connectivity index (χ2v) is 8.52. The van der Waals surface area contributed by atoms with Crippen LogP contribution in [0.1, 0.15) is 39.6 Å². The van der Waals surface area contributed by atoms with Crippen LogP contribution in [0.2, 0.25) is 0 Å². The number of benzene rings is 2. The number of nitrogens with zero attached hydrogens (tertiary/aromatic N) is 2. The molecule has 0 aliphatic carbocycles. The van der Waals surface area contributed by atoms with Gasteiger partial charge in [0.2, 0.25) is 5.78 Å². The first-order valence-corrected chi connectivity index (χ1v) is 11.3. The Hall–Kier alpha value is -3.40. The molecule has 0 aromatic heterocycles. The van der Waals surface area contributed by atoms with Crippen molar-refractivity contribution in [2.45, 2.75) is 25.6 Å². The lowest BCUT2D eigenvalue weighted by Crippen LogP contribution is -2.38. The molecule has 7 nitrogen and oxygen atoms in total. The van der Waals surface area contributed by atoms with Gasteiger partial charge in [-0.2, -0.15) is 13.2 Å². The smallest absolute Gasteiger partial charge is 0.416 e. The summed E-state index contributed by atoms with van der Waals surface area (Å²) in [7, 11) is 0.